The quantitative estimate of drug-likeness (QED) is 0.367. The van der Waals surface area contributed by atoms with Gasteiger partial charge in [-0.2, -0.15) is 0 Å². The van der Waals surface area contributed by atoms with Gasteiger partial charge in [-0.05, 0) is 87.6 Å². The van der Waals surface area contributed by atoms with Crippen molar-refractivity contribution in [3.8, 4) is 5.75 Å². The molecule has 6 nitrogen and oxygen atoms in total. The highest BCUT2D eigenvalue weighted by atomic mass is 16.5. The number of hydrogen-bond donors (Lipinski definition) is 1. The number of benzene rings is 2. The summed E-state index contributed by atoms with van der Waals surface area (Å²) in [6.07, 6.45) is 5.58. The molecule has 0 amide bonds. The number of carboxylic acid groups (broad SMARTS) is 1. The zero-order valence-corrected chi connectivity index (χ0v) is 20.1. The molecular weight excluding hydrogens is 428 g/mol. The molecule has 1 saturated heterocycles. The highest BCUT2D eigenvalue weighted by Crippen LogP contribution is 2.30. The molecule has 0 aliphatic carbocycles. The van der Waals surface area contributed by atoms with E-state index in [0.29, 0.717) is 11.3 Å². The van der Waals surface area contributed by atoms with E-state index in [9.17, 15) is 14.7 Å². The van der Waals surface area contributed by atoms with Crippen LogP contribution in [0, 0.1) is 13.8 Å². The Morgan fingerprint density at radius 2 is 1.71 bits per heavy atom. The predicted molar refractivity (Wildman–Crippen MR) is 135 cm³/mol. The summed E-state index contributed by atoms with van der Waals surface area (Å²) in [4.78, 5) is 31.8. The lowest BCUT2D eigenvalue weighted by Crippen LogP contribution is -2.38. The van der Waals surface area contributed by atoms with Gasteiger partial charge in [0.05, 0.1) is 11.1 Å². The molecule has 1 aliphatic rings. The van der Waals surface area contributed by atoms with Crippen LogP contribution in [0.1, 0.15) is 53.7 Å². The minimum atomic E-state index is -1.34. The number of hydrogen-bond acceptors (Lipinski definition) is 5. The Balaban J connectivity index is 1.64. The summed E-state index contributed by atoms with van der Waals surface area (Å²) in [5.74, 6) is 0.172. The molecule has 0 radical (unpaired) electrons. The second-order valence-corrected chi connectivity index (χ2v) is 9.35. The van der Waals surface area contributed by atoms with Crippen molar-refractivity contribution in [1.82, 2.24) is 4.98 Å². The number of ketones is 1. The van der Waals surface area contributed by atoms with Crippen LogP contribution in [0.4, 0.5) is 5.82 Å². The number of allylic oxidation sites excluding steroid dienone is 1. The highest BCUT2D eigenvalue weighted by molar-refractivity contribution is 6.11. The second-order valence-electron chi connectivity index (χ2n) is 9.35. The minimum Gasteiger partial charge on any atom is -0.478 e. The van der Waals surface area contributed by atoms with Gasteiger partial charge in [0.2, 0.25) is 0 Å². The number of para-hydroxylation sites is 1. The lowest BCUT2D eigenvalue weighted by Gasteiger charge is -2.24. The number of anilines is 1. The SMILES string of the molecule is Cc1cc(/C=C/C(=O)c2cc3ccccc3nc2N2CCCC2)cc(C)c1OC(C)(C)C(=O)O. The minimum absolute atomic E-state index is 0.0946. The molecule has 1 aromatic heterocycles. The standard InChI is InChI=1S/C28H30N2O4/c1-18-15-20(16-19(2)25(18)34-28(3,4)27(32)33)11-12-24(31)22-17-21-9-5-6-10-23(21)29-26(22)30-13-7-8-14-30/h5-6,9-12,15-17H,7-8,13-14H2,1-4H3,(H,32,33)/b12-11+. The number of aliphatic carboxylic acids is 1. The van der Waals surface area contributed by atoms with Crippen LogP contribution in [0.3, 0.4) is 0 Å². The zero-order chi connectivity index (χ0) is 24.5. The van der Waals surface area contributed by atoms with Crippen molar-refractivity contribution in [1.29, 1.82) is 0 Å². The molecule has 6 heteroatoms. The lowest BCUT2D eigenvalue weighted by atomic mass is 10.0. The second kappa shape index (κ2) is 9.29. The Kier molecular flexibility index (Phi) is 6.42. The number of carbonyl (C=O) groups is 2. The van der Waals surface area contributed by atoms with E-state index in [4.69, 9.17) is 9.72 Å². The van der Waals surface area contributed by atoms with Crippen molar-refractivity contribution in [3.63, 3.8) is 0 Å². The fraction of sp³-hybridized carbons (Fsp3) is 0.321. The van der Waals surface area contributed by atoms with Gasteiger partial charge in [-0.1, -0.05) is 24.3 Å². The molecule has 0 atom stereocenters. The normalized spacial score (nSPS) is 14.2. The first-order chi connectivity index (χ1) is 16.2. The van der Waals surface area contributed by atoms with Crippen molar-refractivity contribution < 1.29 is 19.4 Å². The third kappa shape index (κ3) is 4.81. The van der Waals surface area contributed by atoms with Crippen LogP contribution in [-0.4, -0.2) is 40.5 Å². The fourth-order valence-corrected chi connectivity index (χ4v) is 4.26. The number of carbonyl (C=O) groups excluding carboxylic acids is 1. The van der Waals surface area contributed by atoms with E-state index in [1.807, 2.05) is 56.3 Å². The summed E-state index contributed by atoms with van der Waals surface area (Å²) in [5, 5.41) is 10.3. The molecular formula is C28H30N2O4. The van der Waals surface area contributed by atoms with E-state index in [-0.39, 0.29) is 5.78 Å². The van der Waals surface area contributed by atoms with E-state index in [0.717, 1.165) is 59.3 Å². The van der Waals surface area contributed by atoms with Crippen LogP contribution in [0.25, 0.3) is 17.0 Å². The first kappa shape index (κ1) is 23.5. The predicted octanol–water partition coefficient (Wildman–Crippen LogP) is 5.59. The largest absolute Gasteiger partial charge is 0.478 e. The number of pyridine rings is 1. The van der Waals surface area contributed by atoms with Gasteiger partial charge >= 0.3 is 5.97 Å². The summed E-state index contributed by atoms with van der Waals surface area (Å²) in [6.45, 7) is 8.60. The van der Waals surface area contributed by atoms with E-state index < -0.39 is 11.6 Å². The maximum absolute atomic E-state index is 13.3. The van der Waals surface area contributed by atoms with Gasteiger partial charge in [-0.15, -0.1) is 0 Å². The molecule has 4 rings (SSSR count). The van der Waals surface area contributed by atoms with E-state index in [1.165, 1.54) is 13.8 Å². The Hall–Kier alpha value is -3.67. The number of nitrogens with zero attached hydrogens (tertiary/aromatic N) is 2. The molecule has 0 bridgehead atoms. The Bertz CT molecular complexity index is 1260. The topological polar surface area (TPSA) is 79.7 Å². The number of rotatable bonds is 7. The number of fused-ring (bicyclic) bond motifs is 1. The van der Waals surface area contributed by atoms with Crippen molar-refractivity contribution in [2.24, 2.45) is 0 Å². The number of carboxylic acids is 1. The number of aryl methyl sites for hydroxylation is 2. The molecule has 2 heterocycles. The van der Waals surface area contributed by atoms with Crippen molar-refractivity contribution in [3.05, 3.63) is 70.8 Å². The molecule has 1 aliphatic heterocycles. The van der Waals surface area contributed by atoms with Crippen LogP contribution >= 0.6 is 0 Å². The summed E-state index contributed by atoms with van der Waals surface area (Å²) in [6, 6.07) is 13.6. The monoisotopic (exact) mass is 458 g/mol. The van der Waals surface area contributed by atoms with Crippen molar-refractivity contribution >= 4 is 34.5 Å². The lowest BCUT2D eigenvalue weighted by molar-refractivity contribution is -0.152. The van der Waals surface area contributed by atoms with Crippen molar-refractivity contribution in [2.45, 2.75) is 46.1 Å². The maximum Gasteiger partial charge on any atom is 0.347 e. The molecule has 1 N–H and O–H groups in total. The maximum atomic E-state index is 13.3. The first-order valence-electron chi connectivity index (χ1n) is 11.6. The van der Waals surface area contributed by atoms with Gasteiger partial charge < -0.3 is 14.7 Å². The smallest absolute Gasteiger partial charge is 0.347 e. The molecule has 176 valence electrons. The summed E-state index contributed by atoms with van der Waals surface area (Å²) >= 11 is 0. The molecule has 3 aromatic rings. The summed E-state index contributed by atoms with van der Waals surface area (Å²) < 4.78 is 5.78. The third-order valence-corrected chi connectivity index (χ3v) is 6.16. The zero-order valence-electron chi connectivity index (χ0n) is 20.1. The Labute approximate surface area is 199 Å². The van der Waals surface area contributed by atoms with Gasteiger partial charge in [-0.25, -0.2) is 9.78 Å². The van der Waals surface area contributed by atoms with Gasteiger partial charge in [0, 0.05) is 18.5 Å². The van der Waals surface area contributed by atoms with Gasteiger partial charge in [0.15, 0.2) is 11.4 Å². The average Bonchev–Trinajstić information content (AvgIpc) is 3.34. The molecule has 34 heavy (non-hydrogen) atoms. The van der Waals surface area contributed by atoms with E-state index >= 15 is 0 Å². The summed E-state index contributed by atoms with van der Waals surface area (Å²) in [7, 11) is 0. The van der Waals surface area contributed by atoms with Crippen LogP contribution in [0.5, 0.6) is 5.75 Å². The first-order valence-corrected chi connectivity index (χ1v) is 11.6. The molecule has 0 unspecified atom stereocenters. The Morgan fingerprint density at radius 3 is 2.35 bits per heavy atom. The van der Waals surface area contributed by atoms with Gasteiger partial charge in [-0.3, -0.25) is 4.79 Å². The average molecular weight is 459 g/mol. The van der Waals surface area contributed by atoms with Crippen LogP contribution < -0.4 is 9.64 Å². The molecule has 0 saturated carbocycles. The van der Waals surface area contributed by atoms with E-state index in [1.54, 1.807) is 12.2 Å². The third-order valence-electron chi connectivity index (χ3n) is 6.16. The van der Waals surface area contributed by atoms with Gasteiger partial charge in [0.25, 0.3) is 0 Å². The number of aromatic nitrogens is 1. The van der Waals surface area contributed by atoms with Crippen LogP contribution in [0.2, 0.25) is 0 Å². The van der Waals surface area contributed by atoms with Crippen molar-refractivity contribution in [2.75, 3.05) is 18.0 Å². The molecule has 1 fully saturated rings. The Morgan fingerprint density at radius 1 is 1.06 bits per heavy atom. The molecule has 2 aromatic carbocycles. The van der Waals surface area contributed by atoms with Crippen LogP contribution in [0.15, 0.2) is 48.5 Å². The molecule has 0 spiro atoms. The summed E-state index contributed by atoms with van der Waals surface area (Å²) in [5.41, 5.74) is 2.63. The van der Waals surface area contributed by atoms with Gasteiger partial charge in [0.1, 0.15) is 11.6 Å². The highest BCUT2D eigenvalue weighted by Gasteiger charge is 2.30. The van der Waals surface area contributed by atoms with E-state index in [2.05, 4.69) is 4.90 Å². The van der Waals surface area contributed by atoms with Crippen LogP contribution in [-0.2, 0) is 4.79 Å². The number of ether oxygens (including phenoxy) is 1. The fourth-order valence-electron chi connectivity index (χ4n) is 4.26.